The molecule has 0 aromatic carbocycles. The van der Waals surface area contributed by atoms with E-state index in [-0.39, 0.29) is 74.4 Å². The Balaban J connectivity index is -0.0000000300. The number of carbonyl (C=O) groups excluding carboxylic acids is 1. The van der Waals surface area contributed by atoms with E-state index in [0.29, 0.717) is 0 Å². The van der Waals surface area contributed by atoms with E-state index in [1.807, 2.05) is 0 Å². The minimum atomic E-state index is -2.33. The molecule has 0 fully saturated rings. The maximum atomic E-state index is 8.33. The van der Waals surface area contributed by atoms with Crippen molar-refractivity contribution in [3.63, 3.8) is 0 Å². The zero-order valence-corrected chi connectivity index (χ0v) is 9.64. The molecule has 0 bridgehead atoms. The Bertz CT molecular complexity index is 75.7. The smallest absolute Gasteiger partial charge is 0.652 e. The summed E-state index contributed by atoms with van der Waals surface area (Å²) in [4.78, 5) is 16.6. The molecule has 0 aromatic rings. The largest absolute Gasteiger partial charge is 2.00 e. The van der Waals surface area contributed by atoms with Gasteiger partial charge in [0.1, 0.15) is 0 Å². The third-order valence-corrected chi connectivity index (χ3v) is 0. The maximum Gasteiger partial charge on any atom is 2.00 e. The molecular formula is CKMgNO6. The standard InChI is InChI=1S/CH2O3.K.Mg.NO3/c2-1(3)4;;;2-1(3)4/h(H2,2,3,4);;;/q;+1;+2;-1/p-2. The summed E-state index contributed by atoms with van der Waals surface area (Å²) in [6, 6.07) is 0. The molecule has 0 radical (unpaired) electrons. The molecule has 0 spiro atoms. The van der Waals surface area contributed by atoms with Crippen molar-refractivity contribution in [2.24, 2.45) is 0 Å². The molecule has 0 saturated heterocycles. The van der Waals surface area contributed by atoms with Gasteiger partial charge in [-0.05, 0) is 6.16 Å². The van der Waals surface area contributed by atoms with E-state index in [0.717, 1.165) is 0 Å². The molecule has 0 rings (SSSR count). The van der Waals surface area contributed by atoms with Crippen molar-refractivity contribution in [2.45, 2.75) is 0 Å². The molecule has 0 N–H and O–H groups in total. The summed E-state index contributed by atoms with van der Waals surface area (Å²) in [6.07, 6.45) is -2.33. The van der Waals surface area contributed by atoms with Crippen LogP contribution in [0.5, 0.6) is 0 Å². The second-order valence-electron chi connectivity index (χ2n) is 0.474. The number of carboxylic acid groups (broad SMARTS) is 2. The van der Waals surface area contributed by atoms with Crippen molar-refractivity contribution in [2.75, 3.05) is 0 Å². The summed E-state index contributed by atoms with van der Waals surface area (Å²) in [5, 5.41) is 31.4. The van der Waals surface area contributed by atoms with Gasteiger partial charge in [0.05, 0.1) is 5.09 Å². The van der Waals surface area contributed by atoms with Crippen LogP contribution in [0.3, 0.4) is 0 Å². The maximum absolute atomic E-state index is 8.33. The van der Waals surface area contributed by atoms with Crippen LogP contribution in [0.2, 0.25) is 0 Å². The van der Waals surface area contributed by atoms with Gasteiger partial charge in [-0.25, -0.2) is 0 Å². The van der Waals surface area contributed by atoms with Gasteiger partial charge in [-0.15, -0.1) is 0 Å². The monoisotopic (exact) mass is 185 g/mol. The van der Waals surface area contributed by atoms with Crippen LogP contribution in [0.15, 0.2) is 0 Å². The molecule has 0 heterocycles. The van der Waals surface area contributed by atoms with E-state index >= 15 is 0 Å². The fourth-order valence-electron chi connectivity index (χ4n) is 0. The topological polar surface area (TPSA) is 129 Å². The van der Waals surface area contributed by atoms with Crippen LogP contribution in [0.4, 0.5) is 4.79 Å². The molecule has 0 atom stereocenters. The number of rotatable bonds is 0. The van der Waals surface area contributed by atoms with Gasteiger partial charge in [-0.2, -0.15) is 0 Å². The van der Waals surface area contributed by atoms with Gasteiger partial charge in [0.2, 0.25) is 0 Å². The first-order valence-electron chi connectivity index (χ1n) is 1.16. The minimum Gasteiger partial charge on any atom is -0.652 e. The van der Waals surface area contributed by atoms with Gasteiger partial charge in [0.15, 0.2) is 0 Å². The molecule has 10 heavy (non-hydrogen) atoms. The van der Waals surface area contributed by atoms with Crippen molar-refractivity contribution >= 4 is 29.2 Å². The van der Waals surface area contributed by atoms with Crippen molar-refractivity contribution < 1.29 is 71.5 Å². The van der Waals surface area contributed by atoms with E-state index in [9.17, 15) is 0 Å². The van der Waals surface area contributed by atoms with Gasteiger partial charge >= 0.3 is 74.4 Å². The molecule has 0 aliphatic rings. The van der Waals surface area contributed by atoms with Gasteiger partial charge in [0, 0.05) is 0 Å². The first-order chi connectivity index (χ1) is 3.46. The molecule has 0 aliphatic heterocycles. The summed E-state index contributed by atoms with van der Waals surface area (Å²) in [5.41, 5.74) is 0. The zero-order chi connectivity index (χ0) is 7.15. The van der Waals surface area contributed by atoms with Gasteiger partial charge in [-0.3, -0.25) is 0 Å². The van der Waals surface area contributed by atoms with E-state index in [2.05, 4.69) is 0 Å². The molecule has 0 unspecified atom stereocenters. The van der Waals surface area contributed by atoms with Crippen molar-refractivity contribution in [1.29, 1.82) is 0 Å². The van der Waals surface area contributed by atoms with E-state index < -0.39 is 11.2 Å². The molecule has 7 nitrogen and oxygen atoms in total. The SMILES string of the molecule is O=C([O-])[O-].O=[N+]([O-])[O-].[K+].[Mg+2]. The van der Waals surface area contributed by atoms with E-state index in [4.69, 9.17) is 30.3 Å². The molecule has 0 saturated carbocycles. The average Bonchev–Trinajstić information content (AvgIpc) is 1.25. The van der Waals surface area contributed by atoms with Gasteiger partial charge in [0.25, 0.3) is 0 Å². The third kappa shape index (κ3) is 722. The van der Waals surface area contributed by atoms with Gasteiger partial charge < -0.3 is 30.3 Å². The summed E-state index contributed by atoms with van der Waals surface area (Å²) in [7, 11) is 0. The summed E-state index contributed by atoms with van der Waals surface area (Å²) in [6.45, 7) is 0. The van der Waals surface area contributed by atoms with Crippen molar-refractivity contribution in [3.05, 3.63) is 15.3 Å². The van der Waals surface area contributed by atoms with Gasteiger partial charge in [-0.1, -0.05) is 0 Å². The van der Waals surface area contributed by atoms with Crippen LogP contribution in [0.1, 0.15) is 0 Å². The Hall–Kier alpha value is 0.873. The normalized spacial score (nSPS) is 4.80. The first-order valence-corrected chi connectivity index (χ1v) is 1.16. The van der Waals surface area contributed by atoms with Crippen LogP contribution in [0.25, 0.3) is 0 Å². The molecular weight excluding hydrogens is 185 g/mol. The number of hydrogen-bond acceptors (Lipinski definition) is 6. The van der Waals surface area contributed by atoms with Crippen LogP contribution in [-0.4, -0.2) is 34.3 Å². The third-order valence-electron chi connectivity index (χ3n) is 0. The minimum absolute atomic E-state index is 0. The molecule has 48 valence electrons. The first kappa shape index (κ1) is 22.4. The van der Waals surface area contributed by atoms with Crippen LogP contribution in [-0.2, 0) is 0 Å². The Morgan fingerprint density at radius 2 is 1.20 bits per heavy atom. The molecule has 0 aromatic heterocycles. The second-order valence-corrected chi connectivity index (χ2v) is 0.474. The quantitative estimate of drug-likeness (QED) is 0.210. The predicted molar refractivity (Wildman–Crippen MR) is 21.5 cm³/mol. The van der Waals surface area contributed by atoms with Crippen molar-refractivity contribution in [3.8, 4) is 0 Å². The molecule has 0 amide bonds. The Kier molecular flexibility index (Phi) is 36.9. The predicted octanol–water partition coefficient (Wildman–Crippen LogP) is -6.06. The molecule has 9 heteroatoms. The number of carbonyl (C=O) groups is 1. The summed E-state index contributed by atoms with van der Waals surface area (Å²) < 4.78 is 0. The zero-order valence-electron chi connectivity index (χ0n) is 5.10. The Morgan fingerprint density at radius 3 is 1.20 bits per heavy atom. The molecule has 0 aliphatic carbocycles. The van der Waals surface area contributed by atoms with Crippen LogP contribution >= 0.6 is 0 Å². The fourth-order valence-corrected chi connectivity index (χ4v) is 0. The number of nitrogens with zero attached hydrogens (tertiary/aromatic N) is 1. The number of hydrogen-bond donors (Lipinski definition) is 0. The van der Waals surface area contributed by atoms with Crippen molar-refractivity contribution in [1.82, 2.24) is 0 Å². The van der Waals surface area contributed by atoms with Crippen LogP contribution in [0, 0.1) is 15.3 Å². The summed E-state index contributed by atoms with van der Waals surface area (Å²) >= 11 is 0. The van der Waals surface area contributed by atoms with E-state index in [1.54, 1.807) is 0 Å². The van der Waals surface area contributed by atoms with E-state index in [1.165, 1.54) is 0 Å². The Labute approximate surface area is 114 Å². The average molecular weight is 185 g/mol. The fraction of sp³-hybridized carbons (Fsp3) is 0. The Morgan fingerprint density at radius 1 is 1.20 bits per heavy atom. The second kappa shape index (κ2) is 16.5. The summed E-state index contributed by atoms with van der Waals surface area (Å²) in [5.74, 6) is 0. The van der Waals surface area contributed by atoms with Crippen LogP contribution < -0.4 is 61.6 Å².